The van der Waals surface area contributed by atoms with E-state index >= 15 is 0 Å². The molecule has 0 aliphatic heterocycles. The van der Waals surface area contributed by atoms with Crippen LogP contribution in [0, 0.1) is 22.2 Å². The number of carbonyl (C=O) groups is 1. The van der Waals surface area contributed by atoms with Crippen LogP contribution in [0.2, 0.25) is 0 Å². The summed E-state index contributed by atoms with van der Waals surface area (Å²) in [4.78, 5) is 12.2. The van der Waals surface area contributed by atoms with E-state index in [0.717, 1.165) is 0 Å². The molecule has 27 heavy (non-hydrogen) atoms. The predicted octanol–water partition coefficient (Wildman–Crippen LogP) is 4.27. The van der Waals surface area contributed by atoms with E-state index in [9.17, 15) is 4.79 Å². The molecule has 1 aromatic carbocycles. The Labute approximate surface area is 161 Å². The smallest absolute Gasteiger partial charge is 0.407 e. The molecule has 0 radical (unpaired) electrons. The highest BCUT2D eigenvalue weighted by Gasteiger charge is 2.64. The van der Waals surface area contributed by atoms with Crippen LogP contribution in [0.25, 0.3) is 0 Å². The zero-order chi connectivity index (χ0) is 20.6. The number of rotatable bonds is 4. The van der Waals surface area contributed by atoms with Crippen LogP contribution >= 0.6 is 0 Å². The number of nitrogens with one attached hydrogen (secondary N) is 1. The van der Waals surface area contributed by atoms with Crippen LogP contribution in [0.5, 0.6) is 11.5 Å². The molecular formula is C21H30N2O4. The number of benzene rings is 1. The molecule has 0 bridgehead atoms. The molecule has 1 saturated carbocycles. The number of carbonyl (C=O) groups excluding carboxylic acids is 1. The summed E-state index contributed by atoms with van der Waals surface area (Å²) in [6.45, 7) is 13.8. The third-order valence-corrected chi connectivity index (χ3v) is 5.05. The van der Waals surface area contributed by atoms with Crippen molar-refractivity contribution in [3.05, 3.63) is 23.8 Å². The van der Waals surface area contributed by atoms with Gasteiger partial charge in [0, 0.05) is 22.9 Å². The highest BCUT2D eigenvalue weighted by Crippen LogP contribution is 2.55. The summed E-state index contributed by atoms with van der Waals surface area (Å²) in [5.74, 6) is 1.11. The van der Waals surface area contributed by atoms with E-state index in [0.29, 0.717) is 17.1 Å². The van der Waals surface area contributed by atoms with Gasteiger partial charge in [-0.3, -0.25) is 0 Å². The molecule has 148 valence electrons. The van der Waals surface area contributed by atoms with Gasteiger partial charge in [0.05, 0.1) is 12.7 Å². The second-order valence-electron chi connectivity index (χ2n) is 9.19. The Morgan fingerprint density at radius 3 is 2.26 bits per heavy atom. The molecule has 1 aliphatic rings. The van der Waals surface area contributed by atoms with Crippen molar-refractivity contribution in [2.75, 3.05) is 7.11 Å². The van der Waals surface area contributed by atoms with Gasteiger partial charge in [0.25, 0.3) is 0 Å². The zero-order valence-electron chi connectivity index (χ0n) is 17.5. The largest absolute Gasteiger partial charge is 0.495 e. The van der Waals surface area contributed by atoms with E-state index in [4.69, 9.17) is 19.5 Å². The topological polar surface area (TPSA) is 80.6 Å². The Bertz CT molecular complexity index is 740. The Kier molecular flexibility index (Phi) is 5.38. The Morgan fingerprint density at radius 1 is 1.19 bits per heavy atom. The fourth-order valence-corrected chi connectivity index (χ4v) is 4.20. The van der Waals surface area contributed by atoms with Crippen molar-refractivity contribution in [2.45, 2.75) is 66.2 Å². The van der Waals surface area contributed by atoms with Crippen molar-refractivity contribution in [3.63, 3.8) is 0 Å². The molecule has 1 fully saturated rings. The molecule has 1 aromatic rings. The first-order chi connectivity index (χ1) is 12.3. The molecule has 1 amide bonds. The quantitative estimate of drug-likeness (QED) is 0.851. The third-order valence-electron chi connectivity index (χ3n) is 5.05. The van der Waals surface area contributed by atoms with E-state index in [1.165, 1.54) is 7.11 Å². The summed E-state index contributed by atoms with van der Waals surface area (Å²) >= 11 is 0. The van der Waals surface area contributed by atoms with Gasteiger partial charge in [-0.25, -0.2) is 4.79 Å². The van der Waals surface area contributed by atoms with Crippen molar-refractivity contribution < 1.29 is 19.0 Å². The van der Waals surface area contributed by atoms with Crippen molar-refractivity contribution in [1.29, 1.82) is 5.26 Å². The second-order valence-corrected chi connectivity index (χ2v) is 9.19. The van der Waals surface area contributed by atoms with Crippen molar-refractivity contribution in [1.82, 2.24) is 5.32 Å². The lowest BCUT2D eigenvalue weighted by atomic mass is 9.49. The van der Waals surface area contributed by atoms with Crippen LogP contribution in [0.4, 0.5) is 4.79 Å². The number of ether oxygens (including phenoxy) is 3. The van der Waals surface area contributed by atoms with Gasteiger partial charge < -0.3 is 19.5 Å². The molecular weight excluding hydrogens is 344 g/mol. The van der Waals surface area contributed by atoms with Gasteiger partial charge in [0.15, 0.2) is 0 Å². The summed E-state index contributed by atoms with van der Waals surface area (Å²) in [7, 11) is 1.53. The molecule has 1 aliphatic carbocycles. The minimum atomic E-state index is -0.545. The number of hydrogen-bond donors (Lipinski definition) is 1. The van der Waals surface area contributed by atoms with Crippen molar-refractivity contribution in [3.8, 4) is 17.6 Å². The minimum absolute atomic E-state index is 0.106. The SMILES string of the molecule is COc1cc(OC2C(C)(C)C(NC(=O)OC(C)(C)C)C2(C)C)ccc1C#N. The maximum Gasteiger partial charge on any atom is 0.407 e. The zero-order valence-corrected chi connectivity index (χ0v) is 17.5. The van der Waals surface area contributed by atoms with Gasteiger partial charge in [-0.05, 0) is 32.9 Å². The predicted molar refractivity (Wildman–Crippen MR) is 103 cm³/mol. The number of nitriles is 1. The summed E-state index contributed by atoms with van der Waals surface area (Å²) in [6, 6.07) is 7.16. The van der Waals surface area contributed by atoms with Gasteiger partial charge >= 0.3 is 6.09 Å². The van der Waals surface area contributed by atoms with Gasteiger partial charge in [-0.15, -0.1) is 0 Å². The normalized spacial score (nSPS) is 22.8. The van der Waals surface area contributed by atoms with Crippen LogP contribution in [0.1, 0.15) is 54.0 Å². The minimum Gasteiger partial charge on any atom is -0.495 e. The monoisotopic (exact) mass is 374 g/mol. The number of hydrogen-bond acceptors (Lipinski definition) is 5. The molecule has 1 N–H and O–H groups in total. The first-order valence-electron chi connectivity index (χ1n) is 9.07. The molecule has 0 unspecified atom stereocenters. The molecule has 0 heterocycles. The van der Waals surface area contributed by atoms with Gasteiger partial charge in [0.2, 0.25) is 0 Å². The van der Waals surface area contributed by atoms with Gasteiger partial charge in [0.1, 0.15) is 29.3 Å². The van der Waals surface area contributed by atoms with Crippen molar-refractivity contribution >= 4 is 6.09 Å². The first-order valence-corrected chi connectivity index (χ1v) is 9.07. The maximum absolute atomic E-state index is 12.2. The fourth-order valence-electron chi connectivity index (χ4n) is 4.20. The van der Waals surface area contributed by atoms with Crippen molar-refractivity contribution in [2.24, 2.45) is 10.8 Å². The van der Waals surface area contributed by atoms with E-state index in [2.05, 4.69) is 39.1 Å². The highest BCUT2D eigenvalue weighted by molar-refractivity contribution is 5.68. The number of nitrogens with zero attached hydrogens (tertiary/aromatic N) is 1. The first kappa shape index (κ1) is 20.9. The average Bonchev–Trinajstić information content (AvgIpc) is 2.55. The molecule has 0 spiro atoms. The van der Waals surface area contributed by atoms with E-state index in [1.807, 2.05) is 20.8 Å². The van der Waals surface area contributed by atoms with Crippen LogP contribution < -0.4 is 14.8 Å². The van der Waals surface area contributed by atoms with Crippen LogP contribution in [0.3, 0.4) is 0 Å². The van der Waals surface area contributed by atoms with Crippen LogP contribution in [0.15, 0.2) is 18.2 Å². The maximum atomic E-state index is 12.2. The van der Waals surface area contributed by atoms with Gasteiger partial charge in [-0.1, -0.05) is 27.7 Å². The van der Waals surface area contributed by atoms with Gasteiger partial charge in [-0.2, -0.15) is 5.26 Å². The molecule has 0 aromatic heterocycles. The summed E-state index contributed by atoms with van der Waals surface area (Å²) in [6.07, 6.45) is -0.560. The number of alkyl carbamates (subject to hydrolysis) is 1. The molecule has 6 heteroatoms. The summed E-state index contributed by atoms with van der Waals surface area (Å²) in [5, 5.41) is 12.1. The fraction of sp³-hybridized carbons (Fsp3) is 0.619. The summed E-state index contributed by atoms with van der Waals surface area (Å²) < 4.78 is 16.9. The average molecular weight is 374 g/mol. The molecule has 0 atom stereocenters. The van der Waals surface area contributed by atoms with E-state index < -0.39 is 11.7 Å². The third kappa shape index (κ3) is 4.13. The highest BCUT2D eigenvalue weighted by atomic mass is 16.6. The Balaban J connectivity index is 2.16. The van der Waals surface area contributed by atoms with E-state index in [-0.39, 0.29) is 23.0 Å². The molecule has 2 rings (SSSR count). The van der Waals surface area contributed by atoms with Crippen LogP contribution in [-0.2, 0) is 4.74 Å². The summed E-state index contributed by atoms with van der Waals surface area (Å²) in [5.41, 5.74) is -0.693. The second kappa shape index (κ2) is 6.95. The molecule has 0 saturated heterocycles. The Morgan fingerprint density at radius 2 is 1.78 bits per heavy atom. The standard InChI is InChI=1S/C21H30N2O4/c1-19(2,3)27-18(24)23-16-20(4,5)17(21(16,6)7)26-14-10-9-13(12-22)15(11-14)25-8/h9-11,16-17H,1-8H3,(H,23,24). The lowest BCUT2D eigenvalue weighted by Gasteiger charge is -2.62. The lowest BCUT2D eigenvalue weighted by Crippen LogP contribution is -2.74. The molecule has 6 nitrogen and oxygen atoms in total. The number of amides is 1. The van der Waals surface area contributed by atoms with E-state index in [1.54, 1.807) is 18.2 Å². The van der Waals surface area contributed by atoms with Crippen LogP contribution in [-0.4, -0.2) is 30.9 Å². The lowest BCUT2D eigenvalue weighted by molar-refractivity contribution is -0.166. The number of methoxy groups -OCH3 is 1. The Hall–Kier alpha value is -2.42.